The van der Waals surface area contributed by atoms with Crippen LogP contribution in [0, 0.1) is 5.41 Å². The van der Waals surface area contributed by atoms with Crippen LogP contribution in [0.15, 0.2) is 18.2 Å². The van der Waals surface area contributed by atoms with Crippen molar-refractivity contribution in [3.8, 4) is 5.75 Å². The van der Waals surface area contributed by atoms with E-state index in [9.17, 15) is 4.79 Å². The molecule has 0 bridgehead atoms. The van der Waals surface area contributed by atoms with Crippen molar-refractivity contribution in [2.45, 2.75) is 26.4 Å². The van der Waals surface area contributed by atoms with Crippen molar-refractivity contribution in [2.24, 2.45) is 5.41 Å². The number of nitrogens with zero attached hydrogens (tertiary/aromatic N) is 1. The summed E-state index contributed by atoms with van der Waals surface area (Å²) in [6.45, 7) is 5.23. The molecule has 20 heavy (non-hydrogen) atoms. The SMILES string of the molecule is CN1CC(Oc2ccc(CC(C)(C)C(=O)O)cc2Cl)C1. The maximum Gasteiger partial charge on any atom is 0.309 e. The molecule has 0 amide bonds. The predicted molar refractivity (Wildman–Crippen MR) is 78.5 cm³/mol. The van der Waals surface area contributed by atoms with Crippen LogP contribution in [-0.4, -0.2) is 42.2 Å². The molecule has 4 nitrogen and oxygen atoms in total. The van der Waals surface area contributed by atoms with Crippen molar-refractivity contribution >= 4 is 17.6 Å². The zero-order valence-electron chi connectivity index (χ0n) is 12.0. The molecule has 1 fully saturated rings. The maximum absolute atomic E-state index is 11.1. The van der Waals surface area contributed by atoms with Gasteiger partial charge >= 0.3 is 5.97 Å². The molecular formula is C15H20ClNO3. The number of carboxylic acid groups (broad SMARTS) is 1. The molecule has 1 aliphatic heterocycles. The van der Waals surface area contributed by atoms with Gasteiger partial charge < -0.3 is 9.84 Å². The Morgan fingerprint density at radius 2 is 2.15 bits per heavy atom. The van der Waals surface area contributed by atoms with E-state index in [-0.39, 0.29) is 6.10 Å². The fraction of sp³-hybridized carbons (Fsp3) is 0.533. The molecule has 0 aromatic heterocycles. The van der Waals surface area contributed by atoms with E-state index in [2.05, 4.69) is 4.90 Å². The molecule has 1 aromatic carbocycles. The van der Waals surface area contributed by atoms with Crippen LogP contribution >= 0.6 is 11.6 Å². The first-order chi connectivity index (χ1) is 9.28. The molecule has 0 atom stereocenters. The van der Waals surface area contributed by atoms with Crippen molar-refractivity contribution in [2.75, 3.05) is 20.1 Å². The maximum atomic E-state index is 11.1. The summed E-state index contributed by atoms with van der Waals surface area (Å²) >= 11 is 6.21. The van der Waals surface area contributed by atoms with E-state index in [1.807, 2.05) is 19.2 Å². The number of rotatable bonds is 5. The Morgan fingerprint density at radius 3 is 2.65 bits per heavy atom. The van der Waals surface area contributed by atoms with Gasteiger partial charge in [0.25, 0.3) is 0 Å². The number of carbonyl (C=O) groups is 1. The monoisotopic (exact) mass is 297 g/mol. The first kappa shape index (κ1) is 15.1. The van der Waals surface area contributed by atoms with Crippen molar-refractivity contribution < 1.29 is 14.6 Å². The van der Waals surface area contributed by atoms with E-state index < -0.39 is 11.4 Å². The van der Waals surface area contributed by atoms with Crippen LogP contribution in [0.3, 0.4) is 0 Å². The molecule has 1 heterocycles. The highest BCUT2D eigenvalue weighted by atomic mass is 35.5. The van der Waals surface area contributed by atoms with E-state index in [1.54, 1.807) is 19.9 Å². The number of carboxylic acids is 1. The minimum Gasteiger partial charge on any atom is -0.486 e. The van der Waals surface area contributed by atoms with Crippen LogP contribution in [0.5, 0.6) is 5.75 Å². The second-order valence-corrected chi connectivity index (χ2v) is 6.50. The third-order valence-electron chi connectivity index (χ3n) is 3.55. The smallest absolute Gasteiger partial charge is 0.309 e. The molecular weight excluding hydrogens is 278 g/mol. The molecule has 110 valence electrons. The first-order valence-corrected chi connectivity index (χ1v) is 7.03. The van der Waals surface area contributed by atoms with Gasteiger partial charge in [-0.15, -0.1) is 0 Å². The Bertz CT molecular complexity index is 510. The molecule has 0 spiro atoms. The molecule has 1 saturated heterocycles. The summed E-state index contributed by atoms with van der Waals surface area (Å²) in [4.78, 5) is 13.3. The van der Waals surface area contributed by atoms with Gasteiger partial charge in [-0.1, -0.05) is 17.7 Å². The number of hydrogen-bond donors (Lipinski definition) is 1. The van der Waals surface area contributed by atoms with Crippen LogP contribution in [-0.2, 0) is 11.2 Å². The quantitative estimate of drug-likeness (QED) is 0.908. The van der Waals surface area contributed by atoms with Gasteiger partial charge in [-0.3, -0.25) is 9.69 Å². The normalized spacial score (nSPS) is 16.8. The van der Waals surface area contributed by atoms with Crippen molar-refractivity contribution in [1.29, 1.82) is 0 Å². The fourth-order valence-electron chi connectivity index (χ4n) is 2.23. The summed E-state index contributed by atoms with van der Waals surface area (Å²) in [6, 6.07) is 5.51. The summed E-state index contributed by atoms with van der Waals surface area (Å²) in [7, 11) is 2.04. The molecule has 0 aliphatic carbocycles. The van der Waals surface area contributed by atoms with Crippen LogP contribution in [0.25, 0.3) is 0 Å². The van der Waals surface area contributed by atoms with E-state index in [1.165, 1.54) is 0 Å². The third kappa shape index (κ3) is 3.44. The van der Waals surface area contributed by atoms with Crippen molar-refractivity contribution in [3.05, 3.63) is 28.8 Å². The number of likely N-dealkylation sites (N-methyl/N-ethyl adjacent to an activating group) is 1. The van der Waals surface area contributed by atoms with E-state index >= 15 is 0 Å². The summed E-state index contributed by atoms with van der Waals surface area (Å²) in [5.41, 5.74) is 0.100. The molecule has 0 saturated carbocycles. The predicted octanol–water partition coefficient (Wildman–Crippen LogP) is 2.69. The summed E-state index contributed by atoms with van der Waals surface area (Å²) in [5.74, 6) is -0.145. The van der Waals surface area contributed by atoms with E-state index in [0.717, 1.165) is 18.7 Å². The lowest BCUT2D eigenvalue weighted by Gasteiger charge is -2.36. The molecule has 2 rings (SSSR count). The minimum absolute atomic E-state index is 0.193. The highest BCUT2D eigenvalue weighted by molar-refractivity contribution is 6.32. The number of likely N-dealkylation sites (tertiary alicyclic amines) is 1. The van der Waals surface area contributed by atoms with Crippen LogP contribution in [0.2, 0.25) is 5.02 Å². The molecule has 5 heteroatoms. The van der Waals surface area contributed by atoms with Gasteiger partial charge in [0.2, 0.25) is 0 Å². The number of halogens is 1. The molecule has 0 unspecified atom stereocenters. The lowest BCUT2D eigenvalue weighted by molar-refractivity contribution is -0.146. The lowest BCUT2D eigenvalue weighted by atomic mass is 9.86. The lowest BCUT2D eigenvalue weighted by Crippen LogP contribution is -2.51. The van der Waals surface area contributed by atoms with Crippen molar-refractivity contribution in [1.82, 2.24) is 4.90 Å². The standard InChI is InChI=1S/C15H20ClNO3/c1-15(2,14(18)19)7-10-4-5-13(12(16)6-10)20-11-8-17(3)9-11/h4-6,11H,7-9H2,1-3H3,(H,18,19). The van der Waals surface area contributed by atoms with Gasteiger partial charge in [-0.2, -0.15) is 0 Å². The summed E-state index contributed by atoms with van der Waals surface area (Å²) in [6.07, 6.45) is 0.632. The van der Waals surface area contributed by atoms with Gasteiger partial charge in [0.15, 0.2) is 0 Å². The highest BCUT2D eigenvalue weighted by Crippen LogP contribution is 2.30. The molecule has 1 N–H and O–H groups in total. The Kier molecular flexibility index (Phi) is 4.25. The second-order valence-electron chi connectivity index (χ2n) is 6.09. The topological polar surface area (TPSA) is 49.8 Å². The fourth-order valence-corrected chi connectivity index (χ4v) is 2.48. The number of benzene rings is 1. The van der Waals surface area contributed by atoms with Gasteiger partial charge in [-0.05, 0) is 45.0 Å². The summed E-state index contributed by atoms with van der Waals surface area (Å²) < 4.78 is 5.79. The number of aliphatic carboxylic acids is 1. The number of ether oxygens (including phenoxy) is 1. The summed E-state index contributed by atoms with van der Waals surface area (Å²) in [5, 5.41) is 9.69. The third-order valence-corrected chi connectivity index (χ3v) is 3.84. The molecule has 1 aromatic rings. The van der Waals surface area contributed by atoms with Gasteiger partial charge in [0.1, 0.15) is 11.9 Å². The van der Waals surface area contributed by atoms with Crippen LogP contribution in [0.1, 0.15) is 19.4 Å². The van der Waals surface area contributed by atoms with E-state index in [4.69, 9.17) is 21.4 Å². The average molecular weight is 298 g/mol. The zero-order chi connectivity index (χ0) is 14.9. The Morgan fingerprint density at radius 1 is 1.50 bits per heavy atom. The second kappa shape index (κ2) is 5.62. The number of hydrogen-bond acceptors (Lipinski definition) is 3. The van der Waals surface area contributed by atoms with Gasteiger partial charge in [-0.25, -0.2) is 0 Å². The first-order valence-electron chi connectivity index (χ1n) is 6.65. The molecule has 1 aliphatic rings. The zero-order valence-corrected chi connectivity index (χ0v) is 12.8. The van der Waals surface area contributed by atoms with Crippen LogP contribution < -0.4 is 4.74 Å². The van der Waals surface area contributed by atoms with E-state index in [0.29, 0.717) is 17.2 Å². The minimum atomic E-state index is -0.813. The van der Waals surface area contributed by atoms with Gasteiger partial charge in [0.05, 0.1) is 10.4 Å². The van der Waals surface area contributed by atoms with Crippen molar-refractivity contribution in [3.63, 3.8) is 0 Å². The Balaban J connectivity index is 2.04. The molecule has 0 radical (unpaired) electrons. The largest absolute Gasteiger partial charge is 0.486 e. The van der Waals surface area contributed by atoms with Crippen LogP contribution in [0.4, 0.5) is 0 Å². The average Bonchev–Trinajstić information content (AvgIpc) is 2.29. The van der Waals surface area contributed by atoms with Gasteiger partial charge in [0, 0.05) is 13.1 Å². The Hall–Kier alpha value is -1.26. The Labute approximate surface area is 124 Å². The highest BCUT2D eigenvalue weighted by Gasteiger charge is 2.28.